The normalized spacial score (nSPS) is 11.2. The quantitative estimate of drug-likeness (QED) is 0.323. The highest BCUT2D eigenvalue weighted by molar-refractivity contribution is 5.95. The molecule has 0 aromatic heterocycles. The van der Waals surface area contributed by atoms with E-state index in [0.29, 0.717) is 6.54 Å². The number of carbonyl (C=O) groups is 1. The Balaban J connectivity index is 2.00. The van der Waals surface area contributed by atoms with Crippen LogP contribution in [-0.4, -0.2) is 13.0 Å². The third kappa shape index (κ3) is 6.13. The lowest BCUT2D eigenvalue weighted by atomic mass is 9.95. The van der Waals surface area contributed by atoms with Crippen molar-refractivity contribution in [3.63, 3.8) is 0 Å². The predicted octanol–water partition coefficient (Wildman–Crippen LogP) is 7.45. The number of aryl methyl sites for hydroxylation is 2. The fourth-order valence-corrected chi connectivity index (χ4v) is 4.22. The predicted molar refractivity (Wildman–Crippen MR) is 140 cm³/mol. The van der Waals surface area contributed by atoms with E-state index in [1.54, 1.807) is 7.11 Å². The molecule has 0 spiro atoms. The number of carbonyl (C=O) groups excluding carboxylic acids is 1. The van der Waals surface area contributed by atoms with E-state index in [4.69, 9.17) is 4.74 Å². The van der Waals surface area contributed by atoms with Crippen molar-refractivity contribution in [2.45, 2.75) is 47.1 Å². The Bertz CT molecular complexity index is 1080. The lowest BCUT2D eigenvalue weighted by molar-refractivity contribution is -0.122. The van der Waals surface area contributed by atoms with Gasteiger partial charge in [-0.3, -0.25) is 4.79 Å². The number of amides is 1. The van der Waals surface area contributed by atoms with Crippen molar-refractivity contribution >= 4 is 23.7 Å². The summed E-state index contributed by atoms with van der Waals surface area (Å²) in [7, 11) is 1.67. The highest BCUT2D eigenvalue weighted by Crippen LogP contribution is 2.27. The van der Waals surface area contributed by atoms with Crippen LogP contribution in [0.15, 0.2) is 66.7 Å². The van der Waals surface area contributed by atoms with Gasteiger partial charge in [0.15, 0.2) is 0 Å². The Kier molecular flexibility index (Phi) is 8.48. The first kappa shape index (κ1) is 24.3. The number of benzene rings is 3. The zero-order valence-electron chi connectivity index (χ0n) is 20.5. The standard InChI is InChI=1S/C30H35NO2/c1-6-25(7-2)30(32)31(27-11-9-8-10-12-27)21-29-23(4)19-22(3)20-26(29)16-13-24-14-17-28(33-5)18-15-24/h8-20,25H,6-7,21H2,1-5H3. The molecule has 1 amide bonds. The van der Waals surface area contributed by atoms with Crippen molar-refractivity contribution in [3.8, 4) is 5.75 Å². The Morgan fingerprint density at radius 1 is 0.939 bits per heavy atom. The smallest absolute Gasteiger partial charge is 0.230 e. The highest BCUT2D eigenvalue weighted by atomic mass is 16.5. The molecule has 0 aliphatic rings. The number of hydrogen-bond donors (Lipinski definition) is 0. The summed E-state index contributed by atoms with van der Waals surface area (Å²) in [6.07, 6.45) is 5.96. The lowest BCUT2D eigenvalue weighted by Crippen LogP contribution is -2.36. The van der Waals surface area contributed by atoms with Gasteiger partial charge >= 0.3 is 0 Å². The van der Waals surface area contributed by atoms with Crippen LogP contribution in [0.3, 0.4) is 0 Å². The van der Waals surface area contributed by atoms with Gasteiger partial charge in [-0.1, -0.05) is 74.0 Å². The lowest BCUT2D eigenvalue weighted by Gasteiger charge is -2.28. The molecule has 0 saturated carbocycles. The maximum atomic E-state index is 13.5. The van der Waals surface area contributed by atoms with E-state index >= 15 is 0 Å². The Labute approximate surface area is 198 Å². The van der Waals surface area contributed by atoms with Gasteiger partial charge in [0.2, 0.25) is 5.91 Å². The first-order valence-electron chi connectivity index (χ1n) is 11.8. The zero-order valence-corrected chi connectivity index (χ0v) is 20.5. The van der Waals surface area contributed by atoms with Crippen LogP contribution < -0.4 is 9.64 Å². The highest BCUT2D eigenvalue weighted by Gasteiger charge is 2.24. The molecule has 0 fully saturated rings. The summed E-state index contributed by atoms with van der Waals surface area (Å²) in [5, 5.41) is 0. The van der Waals surface area contributed by atoms with E-state index in [0.717, 1.165) is 35.4 Å². The Morgan fingerprint density at radius 2 is 1.61 bits per heavy atom. The average molecular weight is 442 g/mol. The molecular formula is C30H35NO2. The number of anilines is 1. The van der Waals surface area contributed by atoms with Crippen molar-refractivity contribution in [2.75, 3.05) is 12.0 Å². The van der Waals surface area contributed by atoms with Crippen molar-refractivity contribution in [1.82, 2.24) is 0 Å². The minimum Gasteiger partial charge on any atom is -0.497 e. The molecule has 0 aliphatic heterocycles. The van der Waals surface area contributed by atoms with E-state index in [9.17, 15) is 4.79 Å². The van der Waals surface area contributed by atoms with Gasteiger partial charge in [-0.15, -0.1) is 0 Å². The Morgan fingerprint density at radius 3 is 2.21 bits per heavy atom. The molecule has 33 heavy (non-hydrogen) atoms. The van der Waals surface area contributed by atoms with Crippen molar-refractivity contribution in [2.24, 2.45) is 5.92 Å². The minimum atomic E-state index is 0.0225. The van der Waals surface area contributed by atoms with Gasteiger partial charge in [-0.2, -0.15) is 0 Å². The number of methoxy groups -OCH3 is 1. The third-order valence-electron chi connectivity index (χ3n) is 6.21. The SMILES string of the molecule is CCC(CC)C(=O)N(Cc1c(C)cc(C)cc1C=Cc1ccc(OC)cc1)c1ccccc1. The molecule has 0 heterocycles. The minimum absolute atomic E-state index is 0.0225. The van der Waals surface area contributed by atoms with Gasteiger partial charge in [0.25, 0.3) is 0 Å². The van der Waals surface area contributed by atoms with Crippen LogP contribution in [0.2, 0.25) is 0 Å². The van der Waals surface area contributed by atoms with E-state index in [2.05, 4.69) is 52.0 Å². The van der Waals surface area contributed by atoms with Gasteiger partial charge in [-0.25, -0.2) is 0 Å². The second-order valence-corrected chi connectivity index (χ2v) is 8.53. The van der Waals surface area contributed by atoms with Crippen molar-refractivity contribution in [1.29, 1.82) is 0 Å². The van der Waals surface area contributed by atoms with E-state index in [-0.39, 0.29) is 11.8 Å². The van der Waals surface area contributed by atoms with Crippen LogP contribution in [0.4, 0.5) is 5.69 Å². The summed E-state index contributed by atoms with van der Waals surface area (Å²) in [5.41, 5.74) is 6.77. The number of para-hydroxylation sites is 1. The second kappa shape index (κ2) is 11.5. The first-order chi connectivity index (χ1) is 16.0. The van der Waals surface area contributed by atoms with E-state index in [1.165, 1.54) is 16.7 Å². The molecule has 3 nitrogen and oxygen atoms in total. The van der Waals surface area contributed by atoms with E-state index in [1.807, 2.05) is 59.5 Å². The molecule has 0 aliphatic carbocycles. The monoisotopic (exact) mass is 441 g/mol. The molecule has 3 aromatic carbocycles. The molecule has 0 saturated heterocycles. The fraction of sp³-hybridized carbons (Fsp3) is 0.300. The van der Waals surface area contributed by atoms with Gasteiger partial charge in [0.1, 0.15) is 5.75 Å². The van der Waals surface area contributed by atoms with Crippen LogP contribution in [0, 0.1) is 19.8 Å². The summed E-state index contributed by atoms with van der Waals surface area (Å²) in [6, 6.07) is 22.5. The molecule has 0 atom stereocenters. The number of ether oxygens (including phenoxy) is 1. The molecule has 3 aromatic rings. The van der Waals surface area contributed by atoms with Gasteiger partial charge in [-0.05, 0) is 73.2 Å². The summed E-state index contributed by atoms with van der Waals surface area (Å²) in [5.74, 6) is 1.06. The van der Waals surface area contributed by atoms with Gasteiger partial charge in [0.05, 0.1) is 13.7 Å². The van der Waals surface area contributed by atoms with Crippen molar-refractivity contribution < 1.29 is 9.53 Å². The number of rotatable bonds is 9. The summed E-state index contributed by atoms with van der Waals surface area (Å²) >= 11 is 0. The second-order valence-electron chi connectivity index (χ2n) is 8.53. The third-order valence-corrected chi connectivity index (χ3v) is 6.21. The van der Waals surface area contributed by atoms with Gasteiger partial charge < -0.3 is 9.64 Å². The fourth-order valence-electron chi connectivity index (χ4n) is 4.22. The number of nitrogens with zero attached hydrogens (tertiary/aromatic N) is 1. The van der Waals surface area contributed by atoms with Gasteiger partial charge in [0, 0.05) is 11.6 Å². The van der Waals surface area contributed by atoms with E-state index < -0.39 is 0 Å². The van der Waals surface area contributed by atoms with Crippen molar-refractivity contribution in [3.05, 3.63) is 94.5 Å². The van der Waals surface area contributed by atoms with Crippen LogP contribution >= 0.6 is 0 Å². The summed E-state index contributed by atoms with van der Waals surface area (Å²) in [4.78, 5) is 15.5. The Hall–Kier alpha value is -3.33. The molecule has 3 rings (SSSR count). The topological polar surface area (TPSA) is 29.5 Å². The molecule has 3 heteroatoms. The average Bonchev–Trinajstić information content (AvgIpc) is 2.83. The summed E-state index contributed by atoms with van der Waals surface area (Å²) in [6.45, 7) is 8.99. The molecular weight excluding hydrogens is 406 g/mol. The maximum absolute atomic E-state index is 13.5. The number of hydrogen-bond acceptors (Lipinski definition) is 2. The molecule has 0 bridgehead atoms. The molecule has 172 valence electrons. The first-order valence-corrected chi connectivity index (χ1v) is 11.8. The largest absolute Gasteiger partial charge is 0.497 e. The van der Waals surface area contributed by atoms with Crippen LogP contribution in [0.1, 0.15) is 54.5 Å². The summed E-state index contributed by atoms with van der Waals surface area (Å²) < 4.78 is 5.27. The van der Waals surface area contributed by atoms with Crippen LogP contribution in [0.5, 0.6) is 5.75 Å². The molecule has 0 unspecified atom stereocenters. The molecule has 0 N–H and O–H groups in total. The molecule has 0 radical (unpaired) electrons. The zero-order chi connectivity index (χ0) is 23.8. The van der Waals surface area contributed by atoms with Crippen LogP contribution in [-0.2, 0) is 11.3 Å². The maximum Gasteiger partial charge on any atom is 0.230 e. The van der Waals surface area contributed by atoms with Crippen LogP contribution in [0.25, 0.3) is 12.2 Å².